The normalized spacial score (nSPS) is 27.1. The van der Waals surface area contributed by atoms with E-state index in [1.165, 1.54) is 32.1 Å². The van der Waals surface area contributed by atoms with Crippen molar-refractivity contribution in [2.45, 2.75) is 69.9 Å². The van der Waals surface area contributed by atoms with Gasteiger partial charge in [-0.25, -0.2) is 0 Å². The second-order valence-electron chi connectivity index (χ2n) is 6.21. The molecule has 0 aromatic rings. The van der Waals surface area contributed by atoms with Crippen LogP contribution in [0.25, 0.3) is 0 Å². The Morgan fingerprint density at radius 1 is 1.40 bits per heavy atom. The van der Waals surface area contributed by atoms with Gasteiger partial charge in [-0.15, -0.1) is 0 Å². The Labute approximate surface area is 122 Å². The Morgan fingerprint density at radius 2 is 2.15 bits per heavy atom. The summed E-state index contributed by atoms with van der Waals surface area (Å²) in [7, 11) is 0. The molecule has 1 atom stereocenters. The zero-order chi connectivity index (χ0) is 14.4. The highest BCUT2D eigenvalue weighted by atomic mass is 16.5. The lowest BCUT2D eigenvalue weighted by molar-refractivity contribution is -0.123. The molecule has 20 heavy (non-hydrogen) atoms. The summed E-state index contributed by atoms with van der Waals surface area (Å²) in [4.78, 5) is 2.47. The standard InChI is InChI=1S/C15H29N3O2/c1-2-18(10-6-14(16)17-19)13-7-11-20-15(12-13)8-4-3-5-9-15/h13,19H,2-12H2,1H3,(H2,16,17). The molecule has 116 valence electrons. The molecule has 1 unspecified atom stereocenters. The Balaban J connectivity index is 1.91. The van der Waals surface area contributed by atoms with Gasteiger partial charge in [0.2, 0.25) is 0 Å². The lowest BCUT2D eigenvalue weighted by Gasteiger charge is -2.46. The van der Waals surface area contributed by atoms with Crippen molar-refractivity contribution in [3.63, 3.8) is 0 Å². The van der Waals surface area contributed by atoms with Gasteiger partial charge >= 0.3 is 0 Å². The van der Waals surface area contributed by atoms with Gasteiger partial charge in [0.05, 0.1) is 5.60 Å². The molecule has 0 radical (unpaired) electrons. The summed E-state index contributed by atoms with van der Waals surface area (Å²) < 4.78 is 6.16. The topological polar surface area (TPSA) is 71.1 Å². The number of oxime groups is 1. The Bertz CT molecular complexity index is 322. The molecular weight excluding hydrogens is 254 g/mol. The van der Waals surface area contributed by atoms with Crippen LogP contribution < -0.4 is 5.73 Å². The number of ether oxygens (including phenoxy) is 1. The molecule has 0 aromatic carbocycles. The van der Waals surface area contributed by atoms with E-state index in [4.69, 9.17) is 15.7 Å². The van der Waals surface area contributed by atoms with E-state index >= 15 is 0 Å². The van der Waals surface area contributed by atoms with Crippen LogP contribution >= 0.6 is 0 Å². The third-order valence-corrected chi connectivity index (χ3v) is 4.94. The minimum atomic E-state index is 0.144. The van der Waals surface area contributed by atoms with E-state index in [9.17, 15) is 0 Å². The lowest BCUT2D eigenvalue weighted by atomic mass is 9.78. The van der Waals surface area contributed by atoms with Crippen molar-refractivity contribution in [1.82, 2.24) is 4.90 Å². The second kappa shape index (κ2) is 7.27. The monoisotopic (exact) mass is 283 g/mol. The van der Waals surface area contributed by atoms with Crippen LogP contribution in [0.3, 0.4) is 0 Å². The second-order valence-corrected chi connectivity index (χ2v) is 6.21. The highest BCUT2D eigenvalue weighted by Crippen LogP contribution is 2.39. The van der Waals surface area contributed by atoms with Gasteiger partial charge < -0.3 is 20.6 Å². The smallest absolute Gasteiger partial charge is 0.140 e. The molecule has 0 aromatic heterocycles. The quantitative estimate of drug-likeness (QED) is 0.351. The summed E-state index contributed by atoms with van der Waals surface area (Å²) in [6.45, 7) is 4.95. The van der Waals surface area contributed by atoms with E-state index in [0.29, 0.717) is 18.3 Å². The lowest BCUT2D eigenvalue weighted by Crippen LogP contribution is -2.50. The molecular formula is C15H29N3O2. The predicted molar refractivity (Wildman–Crippen MR) is 80.1 cm³/mol. The van der Waals surface area contributed by atoms with Crippen molar-refractivity contribution in [1.29, 1.82) is 0 Å². The van der Waals surface area contributed by atoms with Gasteiger partial charge in [-0.3, -0.25) is 0 Å². The van der Waals surface area contributed by atoms with E-state index in [1.807, 2.05) is 0 Å². The fourth-order valence-corrected chi connectivity index (χ4v) is 3.77. The van der Waals surface area contributed by atoms with Gasteiger partial charge in [0, 0.05) is 25.6 Å². The molecule has 0 bridgehead atoms. The van der Waals surface area contributed by atoms with E-state index in [1.54, 1.807) is 0 Å². The van der Waals surface area contributed by atoms with Gasteiger partial charge in [0.25, 0.3) is 0 Å². The van der Waals surface area contributed by atoms with Crippen molar-refractivity contribution in [2.24, 2.45) is 10.9 Å². The van der Waals surface area contributed by atoms with Crippen molar-refractivity contribution >= 4 is 5.84 Å². The highest BCUT2D eigenvalue weighted by molar-refractivity contribution is 5.79. The molecule has 1 heterocycles. The first-order valence-corrected chi connectivity index (χ1v) is 8.03. The zero-order valence-corrected chi connectivity index (χ0v) is 12.7. The summed E-state index contributed by atoms with van der Waals surface area (Å²) in [6, 6.07) is 0.582. The van der Waals surface area contributed by atoms with Crippen molar-refractivity contribution in [3.8, 4) is 0 Å². The fourth-order valence-electron chi connectivity index (χ4n) is 3.77. The molecule has 1 aliphatic heterocycles. The molecule has 5 heteroatoms. The third-order valence-electron chi connectivity index (χ3n) is 4.94. The SMILES string of the molecule is CCN(CCC(N)=NO)C1CCOC2(CCCCC2)C1. The van der Waals surface area contributed by atoms with Gasteiger partial charge in [-0.1, -0.05) is 31.3 Å². The summed E-state index contributed by atoms with van der Waals surface area (Å²) in [6.07, 6.45) is 9.31. The summed E-state index contributed by atoms with van der Waals surface area (Å²) in [5.74, 6) is 0.322. The maximum Gasteiger partial charge on any atom is 0.140 e. The maximum absolute atomic E-state index is 8.65. The Morgan fingerprint density at radius 3 is 2.80 bits per heavy atom. The van der Waals surface area contributed by atoms with Gasteiger partial charge in [-0.2, -0.15) is 0 Å². The van der Waals surface area contributed by atoms with Crippen LogP contribution in [-0.4, -0.2) is 47.3 Å². The third kappa shape index (κ3) is 3.85. The van der Waals surface area contributed by atoms with Crippen LogP contribution in [0.5, 0.6) is 0 Å². The minimum absolute atomic E-state index is 0.144. The number of nitrogens with two attached hydrogens (primary N) is 1. The van der Waals surface area contributed by atoms with Crippen LogP contribution in [0.2, 0.25) is 0 Å². The van der Waals surface area contributed by atoms with Gasteiger partial charge in [0.15, 0.2) is 0 Å². The first-order chi connectivity index (χ1) is 9.69. The first kappa shape index (κ1) is 15.6. The number of hydrogen-bond donors (Lipinski definition) is 2. The maximum atomic E-state index is 8.65. The van der Waals surface area contributed by atoms with Crippen LogP contribution in [0, 0.1) is 0 Å². The Hall–Kier alpha value is -0.810. The van der Waals surface area contributed by atoms with E-state index in [0.717, 1.165) is 32.5 Å². The van der Waals surface area contributed by atoms with E-state index < -0.39 is 0 Å². The number of nitrogens with zero attached hydrogens (tertiary/aromatic N) is 2. The number of rotatable bonds is 5. The largest absolute Gasteiger partial charge is 0.409 e. The molecule has 1 saturated carbocycles. The van der Waals surface area contributed by atoms with Gasteiger partial charge in [-0.05, 0) is 32.2 Å². The van der Waals surface area contributed by atoms with Gasteiger partial charge in [0.1, 0.15) is 5.84 Å². The van der Waals surface area contributed by atoms with Crippen LogP contribution in [-0.2, 0) is 4.74 Å². The minimum Gasteiger partial charge on any atom is -0.409 e. The van der Waals surface area contributed by atoms with E-state index in [-0.39, 0.29) is 5.60 Å². The first-order valence-electron chi connectivity index (χ1n) is 8.03. The van der Waals surface area contributed by atoms with Crippen LogP contribution in [0.1, 0.15) is 58.3 Å². The molecule has 3 N–H and O–H groups in total. The van der Waals surface area contributed by atoms with Crippen LogP contribution in [0.4, 0.5) is 0 Å². The van der Waals surface area contributed by atoms with E-state index in [2.05, 4.69) is 17.0 Å². The molecule has 1 aliphatic carbocycles. The molecule has 5 nitrogen and oxygen atoms in total. The van der Waals surface area contributed by atoms with Crippen molar-refractivity contribution < 1.29 is 9.94 Å². The predicted octanol–water partition coefficient (Wildman–Crippen LogP) is 2.33. The average Bonchev–Trinajstić information content (AvgIpc) is 2.48. The molecule has 1 saturated heterocycles. The number of hydrogen-bond acceptors (Lipinski definition) is 4. The number of amidine groups is 1. The van der Waals surface area contributed by atoms with Crippen LogP contribution in [0.15, 0.2) is 5.16 Å². The molecule has 1 spiro atoms. The molecule has 0 amide bonds. The highest BCUT2D eigenvalue weighted by Gasteiger charge is 2.39. The van der Waals surface area contributed by atoms with Crippen molar-refractivity contribution in [2.75, 3.05) is 19.7 Å². The summed E-state index contributed by atoms with van der Waals surface area (Å²) >= 11 is 0. The molecule has 2 fully saturated rings. The summed E-state index contributed by atoms with van der Waals surface area (Å²) in [5.41, 5.74) is 5.73. The molecule has 2 aliphatic rings. The molecule has 2 rings (SSSR count). The summed E-state index contributed by atoms with van der Waals surface area (Å²) in [5, 5.41) is 11.7. The Kier molecular flexibility index (Phi) is 5.66. The zero-order valence-electron chi connectivity index (χ0n) is 12.7. The fraction of sp³-hybridized carbons (Fsp3) is 0.933. The average molecular weight is 283 g/mol. The van der Waals surface area contributed by atoms with Crippen molar-refractivity contribution in [3.05, 3.63) is 0 Å².